The number of ether oxygens (including phenoxy) is 1. The lowest BCUT2D eigenvalue weighted by Crippen LogP contribution is -2.13. The zero-order valence-electron chi connectivity index (χ0n) is 16.7. The van der Waals surface area contributed by atoms with Crippen molar-refractivity contribution >= 4 is 44.3 Å². The largest absolute Gasteiger partial charge is 0.495 e. The maximum absolute atomic E-state index is 12.8. The molecule has 4 rings (SSSR count). The molecule has 0 saturated heterocycles. The van der Waals surface area contributed by atoms with Crippen molar-refractivity contribution in [3.8, 4) is 5.75 Å². The number of nitrogens with one attached hydrogen (secondary N) is 1. The number of aromatic nitrogens is 1. The minimum Gasteiger partial charge on any atom is -0.495 e. The fourth-order valence-corrected chi connectivity index (χ4v) is 4.79. The summed E-state index contributed by atoms with van der Waals surface area (Å²) >= 11 is 1.31. The maximum Gasteiger partial charge on any atom is 0.269 e. The van der Waals surface area contributed by atoms with Gasteiger partial charge in [-0.15, -0.1) is 0 Å². The highest BCUT2D eigenvalue weighted by Gasteiger charge is 2.18. The molecule has 0 unspecified atom stereocenters. The average molecular weight is 472 g/mol. The second kappa shape index (κ2) is 8.89. The summed E-state index contributed by atoms with van der Waals surface area (Å²) in [6.45, 7) is 0. The molecular weight excluding hydrogens is 454 g/mol. The number of hydrogen-bond donors (Lipinski definition) is 1. The Kier molecular flexibility index (Phi) is 6.01. The van der Waals surface area contributed by atoms with Crippen molar-refractivity contribution in [3.05, 3.63) is 82.4 Å². The normalized spacial score (nSPS) is 11.4. The molecule has 0 aliphatic heterocycles. The monoisotopic (exact) mass is 471 g/mol. The quantitative estimate of drug-likeness (QED) is 0.220. The van der Waals surface area contributed by atoms with Gasteiger partial charge >= 0.3 is 0 Å². The highest BCUT2D eigenvalue weighted by Crippen LogP contribution is 2.30. The molecule has 32 heavy (non-hydrogen) atoms. The Bertz CT molecular complexity index is 1380. The molecule has 0 saturated carbocycles. The third-order valence-corrected chi connectivity index (χ3v) is 6.77. The molecule has 3 aromatic carbocycles. The van der Waals surface area contributed by atoms with Gasteiger partial charge in [0.05, 0.1) is 22.6 Å². The molecule has 0 amide bonds. The van der Waals surface area contributed by atoms with Crippen molar-refractivity contribution in [2.45, 2.75) is 15.9 Å². The number of rotatable bonds is 8. The van der Waals surface area contributed by atoms with Gasteiger partial charge in [0.25, 0.3) is 20.9 Å². The summed E-state index contributed by atoms with van der Waals surface area (Å²) in [6.07, 6.45) is 0. The van der Waals surface area contributed by atoms with Crippen LogP contribution in [0.5, 0.6) is 5.75 Å². The Labute approximate surface area is 187 Å². The van der Waals surface area contributed by atoms with E-state index in [9.17, 15) is 18.5 Å². The van der Waals surface area contributed by atoms with Crippen LogP contribution in [0.25, 0.3) is 11.1 Å². The number of hydrogen-bond acceptors (Lipinski definition) is 8. The summed E-state index contributed by atoms with van der Waals surface area (Å²) in [7, 11) is -2.41. The van der Waals surface area contributed by atoms with Crippen LogP contribution in [0.3, 0.4) is 0 Å². The number of non-ortho nitro benzene ring substituents is 1. The third kappa shape index (κ3) is 4.68. The van der Waals surface area contributed by atoms with Gasteiger partial charge in [-0.3, -0.25) is 14.8 Å². The van der Waals surface area contributed by atoms with Crippen molar-refractivity contribution in [2.24, 2.45) is 0 Å². The Morgan fingerprint density at radius 1 is 1.12 bits per heavy atom. The number of oxazole rings is 1. The molecule has 0 aliphatic carbocycles. The predicted octanol–water partition coefficient (Wildman–Crippen LogP) is 4.84. The lowest BCUT2D eigenvalue weighted by atomic mass is 10.2. The summed E-state index contributed by atoms with van der Waals surface area (Å²) < 4.78 is 39.1. The number of sulfonamides is 1. The van der Waals surface area contributed by atoms with Gasteiger partial charge in [-0.1, -0.05) is 36.0 Å². The van der Waals surface area contributed by atoms with Crippen molar-refractivity contribution in [1.82, 2.24) is 4.98 Å². The van der Waals surface area contributed by atoms with Gasteiger partial charge in [0.15, 0.2) is 5.58 Å². The number of methoxy groups -OCH3 is 1. The topological polar surface area (TPSA) is 125 Å². The summed E-state index contributed by atoms with van der Waals surface area (Å²) in [5, 5.41) is 11.1. The van der Waals surface area contributed by atoms with Crippen LogP contribution in [0, 0.1) is 10.1 Å². The van der Waals surface area contributed by atoms with E-state index in [0.717, 1.165) is 5.56 Å². The summed E-state index contributed by atoms with van der Waals surface area (Å²) in [4.78, 5) is 14.7. The number of nitro groups is 1. The first kappa shape index (κ1) is 21.7. The van der Waals surface area contributed by atoms with E-state index in [0.29, 0.717) is 33.5 Å². The van der Waals surface area contributed by atoms with Crippen LogP contribution in [0.4, 0.5) is 11.4 Å². The zero-order chi connectivity index (χ0) is 22.7. The standard InChI is InChI=1S/C21H17N3O6S2/c1-29-19-5-3-2-4-17(19)23-32(27,28)16-10-11-20-18(12-16)22-21(30-20)31-13-14-6-8-15(9-7-14)24(25)26/h2-12,23H,13H2,1H3. The van der Waals surface area contributed by atoms with Crippen LogP contribution < -0.4 is 9.46 Å². The van der Waals surface area contributed by atoms with Crippen LogP contribution in [-0.2, 0) is 15.8 Å². The lowest BCUT2D eigenvalue weighted by Gasteiger charge is -2.11. The summed E-state index contributed by atoms with van der Waals surface area (Å²) in [5.74, 6) is 0.897. The molecule has 4 aromatic rings. The Morgan fingerprint density at radius 2 is 1.88 bits per heavy atom. The predicted molar refractivity (Wildman–Crippen MR) is 120 cm³/mol. The van der Waals surface area contributed by atoms with Crippen LogP contribution >= 0.6 is 11.8 Å². The van der Waals surface area contributed by atoms with Gasteiger partial charge < -0.3 is 9.15 Å². The summed E-state index contributed by atoms with van der Waals surface area (Å²) in [5.41, 5.74) is 2.07. The Balaban J connectivity index is 1.51. The Hall–Kier alpha value is -3.57. The molecule has 0 aliphatic rings. The number of nitro benzene ring substituents is 1. The first-order valence-electron chi connectivity index (χ1n) is 9.28. The van der Waals surface area contributed by atoms with Gasteiger partial charge in [-0.25, -0.2) is 13.4 Å². The van der Waals surface area contributed by atoms with Gasteiger partial charge in [0.2, 0.25) is 0 Å². The first-order valence-corrected chi connectivity index (χ1v) is 11.8. The molecule has 9 nitrogen and oxygen atoms in total. The average Bonchev–Trinajstić information content (AvgIpc) is 3.20. The smallest absolute Gasteiger partial charge is 0.269 e. The molecule has 164 valence electrons. The number of nitrogens with zero attached hydrogens (tertiary/aromatic N) is 2. The van der Waals surface area contributed by atoms with Gasteiger partial charge in [-0.05, 0) is 35.9 Å². The van der Waals surface area contributed by atoms with Crippen LogP contribution in [-0.4, -0.2) is 25.4 Å². The molecule has 1 aromatic heterocycles. The second-order valence-electron chi connectivity index (χ2n) is 6.63. The third-order valence-electron chi connectivity index (χ3n) is 4.51. The molecule has 1 N–H and O–H groups in total. The number of thioether (sulfide) groups is 1. The van der Waals surface area contributed by atoms with E-state index in [1.54, 1.807) is 42.5 Å². The van der Waals surface area contributed by atoms with E-state index in [1.807, 2.05) is 0 Å². The minimum atomic E-state index is -3.87. The highest BCUT2D eigenvalue weighted by molar-refractivity contribution is 7.98. The number of benzene rings is 3. The highest BCUT2D eigenvalue weighted by atomic mass is 32.2. The van der Waals surface area contributed by atoms with Crippen molar-refractivity contribution in [3.63, 3.8) is 0 Å². The number of para-hydroxylation sites is 2. The van der Waals surface area contributed by atoms with Gasteiger partial charge in [0.1, 0.15) is 11.3 Å². The van der Waals surface area contributed by atoms with Gasteiger partial charge in [0, 0.05) is 17.9 Å². The molecule has 1 heterocycles. The fourth-order valence-electron chi connectivity index (χ4n) is 2.91. The van der Waals surface area contributed by atoms with E-state index in [1.165, 1.54) is 43.1 Å². The van der Waals surface area contributed by atoms with E-state index < -0.39 is 14.9 Å². The van der Waals surface area contributed by atoms with Crippen molar-refractivity contribution in [2.75, 3.05) is 11.8 Å². The first-order chi connectivity index (χ1) is 15.4. The van der Waals surface area contributed by atoms with Crippen LogP contribution in [0.1, 0.15) is 5.56 Å². The molecule has 0 fully saturated rings. The van der Waals surface area contributed by atoms with Crippen LogP contribution in [0.2, 0.25) is 0 Å². The lowest BCUT2D eigenvalue weighted by molar-refractivity contribution is -0.384. The molecule has 11 heteroatoms. The van der Waals surface area contributed by atoms with E-state index in [-0.39, 0.29) is 10.6 Å². The maximum atomic E-state index is 12.8. The van der Waals surface area contributed by atoms with Crippen molar-refractivity contribution in [1.29, 1.82) is 0 Å². The van der Waals surface area contributed by atoms with Crippen LogP contribution in [0.15, 0.2) is 81.3 Å². The van der Waals surface area contributed by atoms with E-state index >= 15 is 0 Å². The SMILES string of the molecule is COc1ccccc1NS(=O)(=O)c1ccc2oc(SCc3ccc([N+](=O)[O-])cc3)nc2c1. The molecule has 0 bridgehead atoms. The fraction of sp³-hybridized carbons (Fsp3) is 0.0952. The molecular formula is C21H17N3O6S2. The number of anilines is 1. The van der Waals surface area contributed by atoms with Crippen molar-refractivity contribution < 1.29 is 22.5 Å². The van der Waals surface area contributed by atoms with E-state index in [2.05, 4.69) is 9.71 Å². The molecule has 0 spiro atoms. The number of fused-ring (bicyclic) bond motifs is 1. The second-order valence-corrected chi connectivity index (χ2v) is 9.24. The summed E-state index contributed by atoms with van der Waals surface area (Å²) in [6, 6.07) is 17.4. The molecule has 0 atom stereocenters. The Morgan fingerprint density at radius 3 is 2.59 bits per heavy atom. The van der Waals surface area contributed by atoms with E-state index in [4.69, 9.17) is 9.15 Å². The zero-order valence-corrected chi connectivity index (χ0v) is 18.4. The van der Waals surface area contributed by atoms with Gasteiger partial charge in [-0.2, -0.15) is 0 Å². The molecule has 0 radical (unpaired) electrons. The minimum absolute atomic E-state index is 0.0242.